The van der Waals surface area contributed by atoms with Crippen LogP contribution >= 0.6 is 11.6 Å². The van der Waals surface area contributed by atoms with Crippen molar-refractivity contribution in [2.45, 2.75) is 19.3 Å². The third-order valence-electron chi connectivity index (χ3n) is 4.68. The number of carbonyl (C=O) groups is 1. The highest BCUT2D eigenvalue weighted by molar-refractivity contribution is 6.31. The van der Waals surface area contributed by atoms with Gasteiger partial charge in [-0.15, -0.1) is 0 Å². The molecule has 7 heteroatoms. The first-order chi connectivity index (χ1) is 13.8. The fraction of sp³-hybridized carbons (Fsp3) is 0.182. The zero-order chi connectivity index (χ0) is 21.1. The molecule has 0 spiro atoms. The molecule has 2 aromatic rings. The second-order valence-corrected chi connectivity index (χ2v) is 6.94. The fourth-order valence-electron chi connectivity index (χ4n) is 3.42. The lowest BCUT2D eigenvalue weighted by Crippen LogP contribution is -2.29. The Hall–Kier alpha value is -3.17. The average Bonchev–Trinajstić information content (AvgIpc) is 2.67. The Morgan fingerprint density at radius 2 is 1.97 bits per heavy atom. The zero-order valence-electron chi connectivity index (χ0n) is 15.7. The molecule has 0 amide bonds. The van der Waals surface area contributed by atoms with Crippen molar-refractivity contribution in [1.82, 2.24) is 5.32 Å². The Morgan fingerprint density at radius 3 is 2.59 bits per heavy atom. The minimum atomic E-state index is -0.835. The van der Waals surface area contributed by atoms with Crippen molar-refractivity contribution in [3.05, 3.63) is 104 Å². The van der Waals surface area contributed by atoms with Gasteiger partial charge in [-0.3, -0.25) is 0 Å². The molecule has 0 saturated heterocycles. The number of nitrogens with one attached hydrogen (secondary N) is 1. The third-order valence-corrected chi connectivity index (χ3v) is 5.01. The van der Waals surface area contributed by atoms with Crippen molar-refractivity contribution in [3.8, 4) is 0 Å². The van der Waals surface area contributed by atoms with Gasteiger partial charge < -0.3 is 10.1 Å². The summed E-state index contributed by atoms with van der Waals surface area (Å²) in [4.78, 5) is 16.1. The molecule has 148 valence electrons. The predicted molar refractivity (Wildman–Crippen MR) is 106 cm³/mol. The minimum Gasteiger partial charge on any atom is -0.466 e. The van der Waals surface area contributed by atoms with Crippen LogP contribution in [0.4, 0.5) is 8.78 Å². The molecule has 0 radical (unpaired) electrons. The molecule has 1 heterocycles. The van der Waals surface area contributed by atoms with E-state index >= 15 is 0 Å². The van der Waals surface area contributed by atoms with Gasteiger partial charge in [0.2, 0.25) is 0 Å². The van der Waals surface area contributed by atoms with Gasteiger partial charge in [0.05, 0.1) is 25.2 Å². The Kier molecular flexibility index (Phi) is 6.00. The number of halogens is 3. The Bertz CT molecular complexity index is 1090. The summed E-state index contributed by atoms with van der Waals surface area (Å²) < 4.78 is 32.1. The molecule has 1 N–H and O–H groups in total. The van der Waals surface area contributed by atoms with E-state index in [9.17, 15) is 13.6 Å². The van der Waals surface area contributed by atoms with Crippen LogP contribution in [0.2, 0.25) is 5.02 Å². The number of hydrogen-bond donors (Lipinski definition) is 1. The summed E-state index contributed by atoms with van der Waals surface area (Å²) in [6.07, 6.45) is 0.247. The predicted octanol–water partition coefficient (Wildman–Crippen LogP) is 5.13. The number of ether oxygens (including phenoxy) is 1. The lowest BCUT2D eigenvalue weighted by molar-refractivity contribution is -0.136. The molecule has 0 fully saturated rings. The van der Waals surface area contributed by atoms with Gasteiger partial charge in [0.15, 0.2) is 5.70 Å². The van der Waals surface area contributed by atoms with E-state index < -0.39 is 17.7 Å². The Balaban J connectivity index is 2.18. The number of allylic oxidation sites excluding steroid dienone is 3. The first-order valence-electron chi connectivity index (χ1n) is 8.71. The van der Waals surface area contributed by atoms with Crippen molar-refractivity contribution in [2.24, 2.45) is 0 Å². The van der Waals surface area contributed by atoms with E-state index in [0.717, 1.165) is 6.07 Å². The molecular weight excluding hydrogens is 398 g/mol. The molecule has 0 saturated carbocycles. The van der Waals surface area contributed by atoms with Gasteiger partial charge in [0, 0.05) is 22.8 Å². The number of hydrogen-bond acceptors (Lipinski definition) is 3. The molecule has 1 aliphatic rings. The standard InChI is InChI=1S/C22H17ClF2N2O2/c1-12-19(22(28)29-3)20(16-8-7-15(25)11-17(16)23)21(26-2)18(27-12)10-13-5-4-6-14(24)9-13/h4-9,11,20,27H,10H2,1,3H3. The molecule has 0 bridgehead atoms. The van der Waals surface area contributed by atoms with Crippen LogP contribution < -0.4 is 5.32 Å². The van der Waals surface area contributed by atoms with Gasteiger partial charge in [-0.25, -0.2) is 18.4 Å². The van der Waals surface area contributed by atoms with Gasteiger partial charge in [-0.1, -0.05) is 29.8 Å². The van der Waals surface area contributed by atoms with Crippen molar-refractivity contribution in [1.29, 1.82) is 0 Å². The van der Waals surface area contributed by atoms with Gasteiger partial charge in [-0.05, 0) is 42.3 Å². The summed E-state index contributed by atoms with van der Waals surface area (Å²) in [6, 6.07) is 9.86. The van der Waals surface area contributed by atoms with E-state index in [0.29, 0.717) is 22.5 Å². The summed E-state index contributed by atoms with van der Waals surface area (Å²) in [5.74, 6) is -2.37. The fourth-order valence-corrected chi connectivity index (χ4v) is 3.70. The van der Waals surface area contributed by atoms with Crippen molar-refractivity contribution < 1.29 is 18.3 Å². The van der Waals surface area contributed by atoms with Crippen LogP contribution in [-0.2, 0) is 16.0 Å². The molecule has 1 unspecified atom stereocenters. The lowest BCUT2D eigenvalue weighted by atomic mass is 9.83. The van der Waals surface area contributed by atoms with Crippen LogP contribution in [-0.4, -0.2) is 13.1 Å². The van der Waals surface area contributed by atoms with Crippen LogP contribution in [0.5, 0.6) is 0 Å². The number of esters is 1. The van der Waals surface area contributed by atoms with E-state index in [-0.39, 0.29) is 28.5 Å². The van der Waals surface area contributed by atoms with Crippen LogP contribution in [0.15, 0.2) is 65.1 Å². The molecule has 1 atom stereocenters. The molecule has 4 nitrogen and oxygen atoms in total. The highest BCUT2D eigenvalue weighted by Crippen LogP contribution is 2.42. The highest BCUT2D eigenvalue weighted by Gasteiger charge is 2.36. The zero-order valence-corrected chi connectivity index (χ0v) is 16.5. The van der Waals surface area contributed by atoms with Crippen molar-refractivity contribution in [3.63, 3.8) is 0 Å². The number of methoxy groups -OCH3 is 1. The lowest BCUT2D eigenvalue weighted by Gasteiger charge is -2.30. The normalized spacial score (nSPS) is 16.3. The SMILES string of the molecule is [C-]#[N+]C1=C(Cc2cccc(F)c2)NC(C)=C(C(=O)OC)C1c1ccc(F)cc1Cl. The monoisotopic (exact) mass is 414 g/mol. The van der Waals surface area contributed by atoms with E-state index in [1.165, 1.54) is 31.4 Å². The summed E-state index contributed by atoms with van der Waals surface area (Å²) in [7, 11) is 1.25. The van der Waals surface area contributed by atoms with Crippen LogP contribution in [0.25, 0.3) is 4.85 Å². The maximum Gasteiger partial charge on any atom is 0.335 e. The van der Waals surface area contributed by atoms with Gasteiger partial charge in [0.1, 0.15) is 11.6 Å². The van der Waals surface area contributed by atoms with Crippen LogP contribution in [0.1, 0.15) is 24.0 Å². The minimum absolute atomic E-state index is 0.0948. The molecule has 0 aliphatic carbocycles. The second-order valence-electron chi connectivity index (χ2n) is 6.54. The van der Waals surface area contributed by atoms with Crippen LogP contribution in [0, 0.1) is 18.2 Å². The number of dihydropyridines is 1. The number of nitrogens with zero attached hydrogens (tertiary/aromatic N) is 1. The second kappa shape index (κ2) is 8.46. The molecule has 0 aromatic heterocycles. The summed E-state index contributed by atoms with van der Waals surface area (Å²) in [5, 5.41) is 3.18. The highest BCUT2D eigenvalue weighted by atomic mass is 35.5. The number of benzene rings is 2. The number of carbonyl (C=O) groups excluding carboxylic acids is 1. The van der Waals surface area contributed by atoms with Gasteiger partial charge in [0.25, 0.3) is 0 Å². The molecule has 3 rings (SSSR count). The molecule has 2 aromatic carbocycles. The summed E-state index contributed by atoms with van der Waals surface area (Å²) in [5.41, 5.74) is 2.51. The maximum atomic E-state index is 13.6. The molecule has 1 aliphatic heterocycles. The third kappa shape index (κ3) is 4.15. The smallest absolute Gasteiger partial charge is 0.335 e. The summed E-state index contributed by atoms with van der Waals surface area (Å²) >= 11 is 6.26. The largest absolute Gasteiger partial charge is 0.466 e. The molecule has 29 heavy (non-hydrogen) atoms. The Labute approximate surface area is 172 Å². The number of rotatable bonds is 4. The topological polar surface area (TPSA) is 42.7 Å². The van der Waals surface area contributed by atoms with Gasteiger partial charge in [-0.2, -0.15) is 0 Å². The van der Waals surface area contributed by atoms with Gasteiger partial charge >= 0.3 is 5.97 Å². The first-order valence-corrected chi connectivity index (χ1v) is 9.09. The van der Waals surface area contributed by atoms with E-state index in [4.69, 9.17) is 22.9 Å². The first kappa shape index (κ1) is 20.6. The van der Waals surface area contributed by atoms with E-state index in [1.54, 1.807) is 19.1 Å². The summed E-state index contributed by atoms with van der Waals surface area (Å²) in [6.45, 7) is 9.43. The molecular formula is C22H17ClF2N2O2. The van der Waals surface area contributed by atoms with E-state index in [1.807, 2.05) is 0 Å². The van der Waals surface area contributed by atoms with Crippen LogP contribution in [0.3, 0.4) is 0 Å². The van der Waals surface area contributed by atoms with Crippen molar-refractivity contribution >= 4 is 17.6 Å². The average molecular weight is 415 g/mol. The maximum absolute atomic E-state index is 13.6. The van der Waals surface area contributed by atoms with Crippen molar-refractivity contribution in [2.75, 3.05) is 7.11 Å². The van der Waals surface area contributed by atoms with E-state index in [2.05, 4.69) is 10.2 Å². The Morgan fingerprint density at radius 1 is 1.24 bits per heavy atom. The quantitative estimate of drug-likeness (QED) is 0.557.